The highest BCUT2D eigenvalue weighted by Gasteiger charge is 2.21. The van der Waals surface area contributed by atoms with Gasteiger partial charge in [0.05, 0.1) is 11.0 Å². The van der Waals surface area contributed by atoms with E-state index >= 15 is 0 Å². The standard InChI is InChI=1S/C24H39N2O3/c1-3-4-5-6-7-8-9-10-11-12-13-14-15-16-20-25-24(27)23-21(2)18-17-19-22(23)26(28)29/h17-18H,3-16,20H2,1-2H3,(H,25,27). The van der Waals surface area contributed by atoms with Crippen LogP contribution < -0.4 is 5.32 Å². The SMILES string of the molecule is CCCCCCCCCCCCCCCCNC(=O)c1c([N+](=O)[O-])[c]ccc1C. The van der Waals surface area contributed by atoms with Gasteiger partial charge in [-0.1, -0.05) is 96.5 Å². The maximum atomic E-state index is 12.3. The Hall–Kier alpha value is -1.91. The van der Waals surface area contributed by atoms with E-state index < -0.39 is 4.92 Å². The number of nitro groups is 1. The second kappa shape index (κ2) is 15.9. The monoisotopic (exact) mass is 403 g/mol. The summed E-state index contributed by atoms with van der Waals surface area (Å²) in [6.07, 6.45) is 18.1. The van der Waals surface area contributed by atoms with Gasteiger partial charge >= 0.3 is 0 Å². The van der Waals surface area contributed by atoms with Gasteiger partial charge in [-0.15, -0.1) is 0 Å². The number of carbonyl (C=O) groups excluding carboxylic acids is 1. The summed E-state index contributed by atoms with van der Waals surface area (Å²) in [5.41, 5.74) is 0.486. The average molecular weight is 404 g/mol. The Bertz CT molecular complexity index is 602. The molecule has 5 nitrogen and oxygen atoms in total. The zero-order valence-electron chi connectivity index (χ0n) is 18.4. The molecule has 0 saturated carbocycles. The Kier molecular flexibility index (Phi) is 13.8. The van der Waals surface area contributed by atoms with E-state index in [-0.39, 0.29) is 17.2 Å². The molecular formula is C24H39N2O3. The lowest BCUT2D eigenvalue weighted by Gasteiger charge is -2.08. The van der Waals surface area contributed by atoms with Crippen molar-refractivity contribution in [2.45, 2.75) is 104 Å². The second-order valence-corrected chi connectivity index (χ2v) is 7.99. The van der Waals surface area contributed by atoms with Crippen molar-refractivity contribution in [3.05, 3.63) is 39.4 Å². The van der Waals surface area contributed by atoms with Crippen LogP contribution in [0.3, 0.4) is 0 Å². The first kappa shape index (κ1) is 25.1. The fourth-order valence-electron chi connectivity index (χ4n) is 3.63. The predicted octanol–water partition coefficient (Wildman–Crippen LogP) is 6.91. The van der Waals surface area contributed by atoms with Crippen LogP contribution in [0.1, 0.15) is 113 Å². The van der Waals surface area contributed by atoms with Crippen LogP contribution in [-0.4, -0.2) is 17.4 Å². The number of amides is 1. The first-order chi connectivity index (χ1) is 14.1. The van der Waals surface area contributed by atoms with Gasteiger partial charge in [0.25, 0.3) is 11.6 Å². The maximum absolute atomic E-state index is 12.3. The molecule has 0 aromatic heterocycles. The van der Waals surface area contributed by atoms with E-state index in [1.165, 1.54) is 83.1 Å². The van der Waals surface area contributed by atoms with E-state index in [2.05, 4.69) is 18.3 Å². The average Bonchev–Trinajstić information content (AvgIpc) is 2.70. The molecule has 1 radical (unpaired) electrons. The number of hydrogen-bond acceptors (Lipinski definition) is 3. The van der Waals surface area contributed by atoms with Crippen molar-refractivity contribution < 1.29 is 9.72 Å². The number of hydrogen-bond donors (Lipinski definition) is 1. The lowest BCUT2D eigenvalue weighted by Crippen LogP contribution is -2.26. The van der Waals surface area contributed by atoms with E-state index in [4.69, 9.17) is 0 Å². The third kappa shape index (κ3) is 11.0. The molecule has 0 atom stereocenters. The minimum Gasteiger partial charge on any atom is -0.352 e. The molecule has 163 valence electrons. The van der Waals surface area contributed by atoms with Crippen LogP contribution in [0, 0.1) is 23.1 Å². The lowest BCUT2D eigenvalue weighted by molar-refractivity contribution is -0.385. The zero-order chi connectivity index (χ0) is 21.3. The molecule has 1 amide bonds. The van der Waals surface area contributed by atoms with Crippen LogP contribution >= 0.6 is 0 Å². The van der Waals surface area contributed by atoms with E-state index in [9.17, 15) is 14.9 Å². The predicted molar refractivity (Wildman–Crippen MR) is 119 cm³/mol. The van der Waals surface area contributed by atoms with Crippen molar-refractivity contribution in [2.75, 3.05) is 6.54 Å². The van der Waals surface area contributed by atoms with Crippen LogP contribution in [0.5, 0.6) is 0 Å². The van der Waals surface area contributed by atoms with Crippen molar-refractivity contribution in [1.82, 2.24) is 5.32 Å². The Morgan fingerprint density at radius 2 is 1.41 bits per heavy atom. The molecule has 1 N–H and O–H groups in total. The Morgan fingerprint density at radius 1 is 0.931 bits per heavy atom. The molecule has 0 fully saturated rings. The number of benzene rings is 1. The van der Waals surface area contributed by atoms with Gasteiger partial charge in [-0.05, 0) is 25.0 Å². The Morgan fingerprint density at radius 3 is 1.90 bits per heavy atom. The van der Waals surface area contributed by atoms with Crippen molar-refractivity contribution in [3.8, 4) is 0 Å². The molecule has 0 aliphatic rings. The number of aryl methyl sites for hydroxylation is 1. The van der Waals surface area contributed by atoms with Gasteiger partial charge in [0, 0.05) is 6.54 Å². The molecule has 1 aromatic rings. The molecule has 0 saturated heterocycles. The minimum absolute atomic E-state index is 0.128. The van der Waals surface area contributed by atoms with Crippen LogP contribution in [0.15, 0.2) is 12.1 Å². The number of unbranched alkanes of at least 4 members (excludes halogenated alkanes) is 13. The van der Waals surface area contributed by atoms with Crippen LogP contribution in [0.25, 0.3) is 0 Å². The number of nitro benzene ring substituents is 1. The van der Waals surface area contributed by atoms with E-state index in [0.29, 0.717) is 12.1 Å². The topological polar surface area (TPSA) is 72.2 Å². The molecule has 1 aromatic carbocycles. The summed E-state index contributed by atoms with van der Waals surface area (Å²) in [6, 6.07) is 5.71. The maximum Gasteiger partial charge on any atom is 0.290 e. The molecule has 29 heavy (non-hydrogen) atoms. The fourth-order valence-corrected chi connectivity index (χ4v) is 3.63. The van der Waals surface area contributed by atoms with Gasteiger partial charge in [-0.3, -0.25) is 14.9 Å². The lowest BCUT2D eigenvalue weighted by atomic mass is 10.0. The summed E-state index contributed by atoms with van der Waals surface area (Å²) in [6.45, 7) is 4.53. The van der Waals surface area contributed by atoms with E-state index in [1.54, 1.807) is 13.0 Å². The summed E-state index contributed by atoms with van der Waals surface area (Å²) in [4.78, 5) is 22.8. The summed E-state index contributed by atoms with van der Waals surface area (Å²) in [5.74, 6) is -0.374. The molecule has 0 aliphatic heterocycles. The first-order valence-electron chi connectivity index (χ1n) is 11.5. The largest absolute Gasteiger partial charge is 0.352 e. The summed E-state index contributed by atoms with van der Waals surface area (Å²) < 4.78 is 0. The Labute approximate surface area is 176 Å². The minimum atomic E-state index is -0.547. The van der Waals surface area contributed by atoms with Gasteiger partial charge in [-0.25, -0.2) is 0 Å². The molecule has 0 spiro atoms. The van der Waals surface area contributed by atoms with Gasteiger partial charge in [0.1, 0.15) is 5.56 Å². The molecule has 0 aliphatic carbocycles. The van der Waals surface area contributed by atoms with Crippen LogP contribution in [-0.2, 0) is 0 Å². The number of rotatable bonds is 17. The van der Waals surface area contributed by atoms with Gasteiger partial charge in [-0.2, -0.15) is 0 Å². The molecule has 1 rings (SSSR count). The van der Waals surface area contributed by atoms with Crippen molar-refractivity contribution in [1.29, 1.82) is 0 Å². The van der Waals surface area contributed by atoms with E-state index in [1.807, 2.05) is 0 Å². The third-order valence-corrected chi connectivity index (χ3v) is 5.41. The zero-order valence-corrected chi connectivity index (χ0v) is 18.4. The van der Waals surface area contributed by atoms with E-state index in [0.717, 1.165) is 12.8 Å². The number of nitrogens with one attached hydrogen (secondary N) is 1. The molecule has 0 bridgehead atoms. The van der Waals surface area contributed by atoms with Crippen LogP contribution in [0.2, 0.25) is 0 Å². The molecule has 0 heterocycles. The normalized spacial score (nSPS) is 10.8. The Balaban J connectivity index is 2.01. The summed E-state index contributed by atoms with van der Waals surface area (Å²) in [7, 11) is 0. The fraction of sp³-hybridized carbons (Fsp3) is 0.708. The summed E-state index contributed by atoms with van der Waals surface area (Å²) >= 11 is 0. The quantitative estimate of drug-likeness (QED) is 0.174. The second-order valence-electron chi connectivity index (χ2n) is 7.99. The first-order valence-corrected chi connectivity index (χ1v) is 11.5. The van der Waals surface area contributed by atoms with Crippen molar-refractivity contribution in [3.63, 3.8) is 0 Å². The van der Waals surface area contributed by atoms with Gasteiger partial charge < -0.3 is 5.32 Å². The smallest absolute Gasteiger partial charge is 0.290 e. The van der Waals surface area contributed by atoms with Crippen LogP contribution in [0.4, 0.5) is 5.69 Å². The van der Waals surface area contributed by atoms with Gasteiger partial charge in [0.2, 0.25) is 0 Å². The highest BCUT2D eigenvalue weighted by Crippen LogP contribution is 2.21. The molecule has 5 heteroatoms. The molecule has 0 unspecified atom stereocenters. The van der Waals surface area contributed by atoms with Gasteiger partial charge in [0.15, 0.2) is 0 Å². The highest BCUT2D eigenvalue weighted by molar-refractivity contribution is 5.99. The number of carbonyl (C=O) groups is 1. The highest BCUT2D eigenvalue weighted by atomic mass is 16.6. The summed E-state index contributed by atoms with van der Waals surface area (Å²) in [5, 5.41) is 13.9. The molecular weight excluding hydrogens is 364 g/mol. The van der Waals surface area contributed by atoms with Crippen molar-refractivity contribution in [2.24, 2.45) is 0 Å². The third-order valence-electron chi connectivity index (χ3n) is 5.41. The number of nitrogens with zero attached hydrogens (tertiary/aromatic N) is 1. The van der Waals surface area contributed by atoms with Crippen molar-refractivity contribution >= 4 is 11.6 Å².